The first-order valence-electron chi connectivity index (χ1n) is 4.73. The van der Waals surface area contributed by atoms with Crippen molar-refractivity contribution in [2.45, 2.75) is 11.8 Å². The smallest absolute Gasteiger partial charge is 0.127 e. The van der Waals surface area contributed by atoms with Gasteiger partial charge in [0.25, 0.3) is 0 Å². The largest absolute Gasteiger partial charge is 0.497 e. The van der Waals surface area contributed by atoms with Crippen molar-refractivity contribution in [1.82, 2.24) is 0 Å². The van der Waals surface area contributed by atoms with E-state index >= 15 is 0 Å². The van der Waals surface area contributed by atoms with Crippen molar-refractivity contribution in [1.29, 1.82) is 0 Å². The van der Waals surface area contributed by atoms with Crippen LogP contribution < -0.4 is 9.47 Å². The first-order chi connectivity index (χ1) is 7.31. The summed E-state index contributed by atoms with van der Waals surface area (Å²) in [5.41, 5.74) is 1.04. The third kappa shape index (κ3) is 3.70. The van der Waals surface area contributed by atoms with Gasteiger partial charge in [0.15, 0.2) is 0 Å². The van der Waals surface area contributed by atoms with Crippen LogP contribution in [-0.2, 0) is 5.33 Å². The standard InChI is InChI=1S/C11H14BrFO2/c1-14-10-4-3-9(8-12)11(7-10)15-6-2-5-13/h3-4,7H,2,5-6,8H2,1H3. The Morgan fingerprint density at radius 1 is 1.40 bits per heavy atom. The normalized spacial score (nSPS) is 10.1. The lowest BCUT2D eigenvalue weighted by Gasteiger charge is -2.10. The summed E-state index contributed by atoms with van der Waals surface area (Å²) in [7, 11) is 1.61. The molecule has 0 atom stereocenters. The molecule has 0 saturated carbocycles. The van der Waals surface area contributed by atoms with Gasteiger partial charge in [0.05, 0.1) is 20.4 Å². The van der Waals surface area contributed by atoms with Gasteiger partial charge in [-0.05, 0) is 6.07 Å². The van der Waals surface area contributed by atoms with Crippen LogP contribution in [0, 0.1) is 0 Å². The van der Waals surface area contributed by atoms with Gasteiger partial charge in [0.1, 0.15) is 11.5 Å². The van der Waals surface area contributed by atoms with Crippen molar-refractivity contribution in [2.24, 2.45) is 0 Å². The molecule has 0 spiro atoms. The van der Waals surface area contributed by atoms with Gasteiger partial charge in [-0.15, -0.1) is 0 Å². The van der Waals surface area contributed by atoms with Crippen LogP contribution in [0.15, 0.2) is 18.2 Å². The minimum Gasteiger partial charge on any atom is -0.497 e. The minimum atomic E-state index is -0.354. The average molecular weight is 277 g/mol. The topological polar surface area (TPSA) is 18.5 Å². The molecule has 0 bridgehead atoms. The van der Waals surface area contributed by atoms with Crippen LogP contribution in [0.3, 0.4) is 0 Å². The van der Waals surface area contributed by atoms with Gasteiger partial charge in [0.2, 0.25) is 0 Å². The zero-order valence-corrected chi connectivity index (χ0v) is 10.2. The SMILES string of the molecule is COc1ccc(CBr)c(OCCCF)c1. The van der Waals surface area contributed by atoms with Gasteiger partial charge in [-0.1, -0.05) is 22.0 Å². The summed E-state index contributed by atoms with van der Waals surface area (Å²) < 4.78 is 22.5. The van der Waals surface area contributed by atoms with Crippen molar-refractivity contribution in [3.8, 4) is 11.5 Å². The van der Waals surface area contributed by atoms with E-state index < -0.39 is 0 Å². The molecule has 0 amide bonds. The highest BCUT2D eigenvalue weighted by Gasteiger charge is 2.04. The Hall–Kier alpha value is -0.770. The molecule has 2 nitrogen and oxygen atoms in total. The maximum absolute atomic E-state index is 11.9. The van der Waals surface area contributed by atoms with Crippen molar-refractivity contribution >= 4 is 15.9 Å². The molecule has 0 unspecified atom stereocenters. The minimum absolute atomic E-state index is 0.354. The maximum atomic E-state index is 11.9. The van der Waals surface area contributed by atoms with Crippen LogP contribution in [0.4, 0.5) is 4.39 Å². The molecule has 1 aromatic carbocycles. The molecule has 0 aliphatic rings. The van der Waals surface area contributed by atoms with E-state index in [1.165, 1.54) is 0 Å². The number of hydrogen-bond donors (Lipinski definition) is 0. The highest BCUT2D eigenvalue weighted by molar-refractivity contribution is 9.08. The van der Waals surface area contributed by atoms with E-state index in [0.29, 0.717) is 18.4 Å². The molecule has 1 aromatic rings. The van der Waals surface area contributed by atoms with E-state index in [0.717, 1.165) is 17.1 Å². The van der Waals surface area contributed by atoms with Gasteiger partial charge < -0.3 is 9.47 Å². The van der Waals surface area contributed by atoms with E-state index in [2.05, 4.69) is 15.9 Å². The summed E-state index contributed by atoms with van der Waals surface area (Å²) in [5, 5.41) is 0.710. The van der Waals surface area contributed by atoms with E-state index in [4.69, 9.17) is 9.47 Å². The first kappa shape index (κ1) is 12.3. The molecule has 0 fully saturated rings. The van der Waals surface area contributed by atoms with E-state index in [9.17, 15) is 4.39 Å². The Kier molecular flexibility index (Phi) is 5.47. The van der Waals surface area contributed by atoms with Crippen molar-refractivity contribution in [2.75, 3.05) is 20.4 Å². The molecule has 0 N–H and O–H groups in total. The monoisotopic (exact) mass is 276 g/mol. The molecule has 84 valence electrons. The molecule has 4 heteroatoms. The highest BCUT2D eigenvalue weighted by atomic mass is 79.9. The van der Waals surface area contributed by atoms with Gasteiger partial charge in [-0.3, -0.25) is 4.39 Å². The number of rotatable bonds is 6. The van der Waals surface area contributed by atoms with Crippen LogP contribution in [0.1, 0.15) is 12.0 Å². The van der Waals surface area contributed by atoms with Crippen LogP contribution in [0.2, 0.25) is 0 Å². The average Bonchev–Trinajstić information content (AvgIpc) is 2.29. The number of methoxy groups -OCH3 is 1. The van der Waals surface area contributed by atoms with Gasteiger partial charge in [0, 0.05) is 23.4 Å². The Morgan fingerprint density at radius 3 is 2.80 bits per heavy atom. The Bertz CT molecular complexity index is 305. The zero-order chi connectivity index (χ0) is 11.1. The Morgan fingerprint density at radius 2 is 2.20 bits per heavy atom. The predicted molar refractivity (Wildman–Crippen MR) is 61.7 cm³/mol. The summed E-state index contributed by atoms with van der Waals surface area (Å²) in [6.45, 7) is 0.0390. The second kappa shape index (κ2) is 6.67. The summed E-state index contributed by atoms with van der Waals surface area (Å²) in [4.78, 5) is 0. The maximum Gasteiger partial charge on any atom is 0.127 e. The van der Waals surface area contributed by atoms with Gasteiger partial charge >= 0.3 is 0 Å². The third-order valence-corrected chi connectivity index (χ3v) is 2.56. The molecule has 0 aromatic heterocycles. The van der Waals surface area contributed by atoms with Crippen molar-refractivity contribution in [3.63, 3.8) is 0 Å². The Labute approximate surface area is 97.5 Å². The second-order valence-corrected chi connectivity index (χ2v) is 3.56. The van der Waals surface area contributed by atoms with Gasteiger partial charge in [-0.2, -0.15) is 0 Å². The molecule has 0 heterocycles. The Balaban J connectivity index is 2.72. The summed E-state index contributed by atoms with van der Waals surface area (Å²) >= 11 is 3.37. The van der Waals surface area contributed by atoms with Crippen LogP contribution in [-0.4, -0.2) is 20.4 Å². The van der Waals surface area contributed by atoms with E-state index in [-0.39, 0.29) is 6.67 Å². The number of halogens is 2. The van der Waals surface area contributed by atoms with Crippen LogP contribution in [0.5, 0.6) is 11.5 Å². The molecule has 0 radical (unpaired) electrons. The van der Waals surface area contributed by atoms with Crippen molar-refractivity contribution in [3.05, 3.63) is 23.8 Å². The summed E-state index contributed by atoms with van der Waals surface area (Å²) in [6.07, 6.45) is 0.416. The lowest BCUT2D eigenvalue weighted by atomic mass is 10.2. The lowest BCUT2D eigenvalue weighted by molar-refractivity contribution is 0.286. The highest BCUT2D eigenvalue weighted by Crippen LogP contribution is 2.26. The fraction of sp³-hybridized carbons (Fsp3) is 0.455. The number of hydrogen-bond acceptors (Lipinski definition) is 2. The van der Waals surface area contributed by atoms with Gasteiger partial charge in [-0.25, -0.2) is 0 Å². The predicted octanol–water partition coefficient (Wildman–Crippen LogP) is 3.33. The molecule has 0 saturated heterocycles. The fourth-order valence-corrected chi connectivity index (χ4v) is 1.61. The lowest BCUT2D eigenvalue weighted by Crippen LogP contribution is -2.00. The van der Waals surface area contributed by atoms with Crippen LogP contribution >= 0.6 is 15.9 Å². The van der Waals surface area contributed by atoms with Crippen molar-refractivity contribution < 1.29 is 13.9 Å². The quantitative estimate of drug-likeness (QED) is 0.586. The summed E-state index contributed by atoms with van der Waals surface area (Å²) in [6, 6.07) is 5.62. The second-order valence-electron chi connectivity index (χ2n) is 3.00. The first-order valence-corrected chi connectivity index (χ1v) is 5.85. The molecular formula is C11H14BrFO2. The van der Waals surface area contributed by atoms with E-state index in [1.54, 1.807) is 7.11 Å². The molecule has 1 rings (SSSR count). The number of alkyl halides is 2. The fourth-order valence-electron chi connectivity index (χ4n) is 1.14. The molecule has 0 aliphatic heterocycles. The summed E-state index contributed by atoms with van der Waals surface area (Å²) in [5.74, 6) is 1.50. The molecular weight excluding hydrogens is 263 g/mol. The van der Waals surface area contributed by atoms with Crippen LogP contribution in [0.25, 0.3) is 0 Å². The molecule has 0 aliphatic carbocycles. The number of benzene rings is 1. The van der Waals surface area contributed by atoms with E-state index in [1.807, 2.05) is 18.2 Å². The zero-order valence-electron chi connectivity index (χ0n) is 8.63. The third-order valence-electron chi connectivity index (χ3n) is 1.95. The molecule has 15 heavy (non-hydrogen) atoms. The number of ether oxygens (including phenoxy) is 2.